The Morgan fingerprint density at radius 3 is 2.67 bits per heavy atom. The van der Waals surface area contributed by atoms with Gasteiger partial charge >= 0.3 is 12.2 Å². The second-order valence-electron chi connectivity index (χ2n) is 10.7. The van der Waals surface area contributed by atoms with E-state index in [9.17, 15) is 9.59 Å². The van der Waals surface area contributed by atoms with Crippen molar-refractivity contribution in [3.8, 4) is 0 Å². The van der Waals surface area contributed by atoms with Crippen molar-refractivity contribution in [2.75, 3.05) is 32.8 Å². The maximum Gasteiger partial charge on any atom is 0.410 e. The molecule has 2 aromatic heterocycles. The summed E-state index contributed by atoms with van der Waals surface area (Å²) in [7, 11) is 0. The average molecular weight is 537 g/mol. The van der Waals surface area contributed by atoms with Gasteiger partial charge in [-0.05, 0) is 44.4 Å². The van der Waals surface area contributed by atoms with Crippen molar-refractivity contribution >= 4 is 28.8 Å². The third-order valence-corrected chi connectivity index (χ3v) is 6.69. The second kappa shape index (κ2) is 11.1. The van der Waals surface area contributed by atoms with Gasteiger partial charge in [-0.3, -0.25) is 0 Å². The third-order valence-electron chi connectivity index (χ3n) is 6.69. The van der Waals surface area contributed by atoms with Crippen LogP contribution in [-0.2, 0) is 20.8 Å². The van der Waals surface area contributed by atoms with E-state index in [1.807, 2.05) is 63.2 Å². The molecule has 10 heteroatoms. The molecule has 1 saturated heterocycles. The summed E-state index contributed by atoms with van der Waals surface area (Å²) in [5.41, 5.74) is 2.83. The number of nitrogens with zero attached hydrogens (tertiary/aromatic N) is 3. The lowest BCUT2D eigenvalue weighted by Crippen LogP contribution is -2.44. The van der Waals surface area contributed by atoms with Crippen LogP contribution in [0.2, 0.25) is 0 Å². The number of carbonyl (C=O) groups excluding carboxylic acids is 2. The first-order chi connectivity index (χ1) is 18.7. The van der Waals surface area contributed by atoms with Crippen molar-refractivity contribution in [2.24, 2.45) is 0 Å². The van der Waals surface area contributed by atoms with Gasteiger partial charge in [0.05, 0.1) is 19.3 Å². The van der Waals surface area contributed by atoms with Crippen LogP contribution >= 0.6 is 0 Å². The van der Waals surface area contributed by atoms with E-state index in [1.165, 1.54) is 6.20 Å². The van der Waals surface area contributed by atoms with Gasteiger partial charge in [-0.15, -0.1) is 0 Å². The van der Waals surface area contributed by atoms with E-state index in [4.69, 9.17) is 14.2 Å². The summed E-state index contributed by atoms with van der Waals surface area (Å²) in [6.07, 6.45) is 2.32. The molecule has 4 heterocycles. The normalized spacial score (nSPS) is 18.2. The van der Waals surface area contributed by atoms with Gasteiger partial charge in [0, 0.05) is 36.3 Å². The number of H-pyrrole nitrogens is 1. The molecule has 0 saturated carbocycles. The fourth-order valence-electron chi connectivity index (χ4n) is 4.77. The highest BCUT2D eigenvalue weighted by atomic mass is 19.1. The number of halogens is 1. The van der Waals surface area contributed by atoms with E-state index in [0.717, 1.165) is 11.1 Å². The number of carbonyl (C=O) groups is 2. The van der Waals surface area contributed by atoms with Gasteiger partial charge < -0.3 is 29.0 Å². The summed E-state index contributed by atoms with van der Waals surface area (Å²) in [6.45, 7) is 7.52. The van der Waals surface area contributed by atoms with Crippen molar-refractivity contribution in [1.82, 2.24) is 19.8 Å². The zero-order valence-electron chi connectivity index (χ0n) is 22.4. The van der Waals surface area contributed by atoms with Gasteiger partial charge in [0.2, 0.25) is 0 Å². The van der Waals surface area contributed by atoms with Gasteiger partial charge in [-0.1, -0.05) is 36.4 Å². The van der Waals surface area contributed by atoms with E-state index in [0.29, 0.717) is 61.5 Å². The molecule has 1 atom stereocenters. The number of ether oxygens (including phenoxy) is 3. The fraction of sp³-hybridized carbons (Fsp3) is 0.414. The summed E-state index contributed by atoms with van der Waals surface area (Å²) in [5.74, 6) is -0.431. The number of hydrogen-bond donors (Lipinski definition) is 1. The molecule has 1 aromatic carbocycles. The van der Waals surface area contributed by atoms with Gasteiger partial charge in [0.25, 0.3) is 0 Å². The molecule has 9 nitrogen and oxygen atoms in total. The lowest BCUT2D eigenvalue weighted by atomic mass is 9.97. The monoisotopic (exact) mass is 536 g/mol. The number of nitrogens with one attached hydrogen (secondary N) is 1. The molecule has 0 radical (unpaired) electrons. The summed E-state index contributed by atoms with van der Waals surface area (Å²) < 4.78 is 32.0. The molecule has 1 fully saturated rings. The maximum atomic E-state index is 15.1. The minimum absolute atomic E-state index is 0.201. The Morgan fingerprint density at radius 1 is 1.15 bits per heavy atom. The number of benzene rings is 1. The zero-order valence-corrected chi connectivity index (χ0v) is 22.4. The molecular formula is C29H33FN4O5. The van der Waals surface area contributed by atoms with Crippen LogP contribution in [0.3, 0.4) is 0 Å². The first-order valence-corrected chi connectivity index (χ1v) is 13.1. The molecule has 1 N–H and O–H groups in total. The SMILES string of the molecule is CC(C)(C)OC(=O)N1CCOC(c2cc3c(C4=CCN(C(=O)OCc5ccccc5)CC4)c(F)cnc3[nH]2)C1. The number of aromatic amines is 1. The minimum atomic E-state index is -0.593. The Morgan fingerprint density at radius 2 is 1.95 bits per heavy atom. The standard InChI is InChI=1S/C29H33FN4O5/c1-29(2,3)39-28(36)34-13-14-37-24(17-34)23-15-21-25(22(30)16-31-26(21)32-23)20-9-11-33(12-10-20)27(35)38-18-19-7-5-4-6-8-19/h4-9,15-16,24H,10-14,17-18H2,1-3H3,(H,31,32). The lowest BCUT2D eigenvalue weighted by molar-refractivity contribution is -0.0444. The van der Waals surface area contributed by atoms with E-state index in [1.54, 1.807) is 9.80 Å². The van der Waals surface area contributed by atoms with Crippen LogP contribution in [0.15, 0.2) is 48.7 Å². The molecule has 5 rings (SSSR count). The predicted molar refractivity (Wildman–Crippen MR) is 143 cm³/mol. The molecule has 2 amide bonds. The summed E-state index contributed by atoms with van der Waals surface area (Å²) in [5, 5.41) is 0.634. The molecule has 39 heavy (non-hydrogen) atoms. The molecule has 0 spiro atoms. The number of aromatic nitrogens is 2. The van der Waals surface area contributed by atoms with E-state index in [2.05, 4.69) is 9.97 Å². The van der Waals surface area contributed by atoms with Crippen LogP contribution in [-0.4, -0.2) is 70.3 Å². The number of fused-ring (bicyclic) bond motifs is 1. The van der Waals surface area contributed by atoms with Crippen LogP contribution in [0.4, 0.5) is 14.0 Å². The molecule has 2 aliphatic rings. The lowest BCUT2D eigenvalue weighted by Gasteiger charge is -2.33. The van der Waals surface area contributed by atoms with E-state index in [-0.39, 0.29) is 6.61 Å². The Kier molecular flexibility index (Phi) is 7.56. The zero-order chi connectivity index (χ0) is 27.6. The van der Waals surface area contributed by atoms with Gasteiger partial charge in [-0.25, -0.2) is 19.0 Å². The van der Waals surface area contributed by atoms with Crippen molar-refractivity contribution in [2.45, 2.75) is 45.5 Å². The predicted octanol–water partition coefficient (Wildman–Crippen LogP) is 5.44. The highest BCUT2D eigenvalue weighted by molar-refractivity contribution is 5.91. The Balaban J connectivity index is 1.30. The highest BCUT2D eigenvalue weighted by Crippen LogP contribution is 2.34. The maximum absolute atomic E-state index is 15.1. The number of pyridine rings is 1. The topological polar surface area (TPSA) is 97.0 Å². The van der Waals surface area contributed by atoms with Crippen molar-refractivity contribution in [3.63, 3.8) is 0 Å². The Bertz CT molecular complexity index is 1380. The molecule has 0 aliphatic carbocycles. The van der Waals surface area contributed by atoms with Gasteiger partial charge in [0.1, 0.15) is 29.8 Å². The largest absolute Gasteiger partial charge is 0.445 e. The summed E-state index contributed by atoms with van der Waals surface area (Å²) >= 11 is 0. The van der Waals surface area contributed by atoms with Crippen LogP contribution in [0, 0.1) is 5.82 Å². The van der Waals surface area contributed by atoms with E-state index < -0.39 is 29.7 Å². The number of rotatable bonds is 4. The van der Waals surface area contributed by atoms with E-state index >= 15 is 4.39 Å². The van der Waals surface area contributed by atoms with Crippen LogP contribution < -0.4 is 0 Å². The molecule has 1 unspecified atom stereocenters. The molecule has 206 valence electrons. The Hall–Kier alpha value is -3.92. The number of amides is 2. The molecular weight excluding hydrogens is 503 g/mol. The van der Waals surface area contributed by atoms with Crippen molar-refractivity contribution < 1.29 is 28.2 Å². The summed E-state index contributed by atoms with van der Waals surface area (Å²) in [6, 6.07) is 11.3. The number of morpholine rings is 1. The van der Waals surface area contributed by atoms with Crippen LogP contribution in [0.1, 0.15) is 50.1 Å². The minimum Gasteiger partial charge on any atom is -0.445 e. The smallest absolute Gasteiger partial charge is 0.410 e. The first kappa shape index (κ1) is 26.7. The van der Waals surface area contributed by atoms with Crippen LogP contribution in [0.25, 0.3) is 16.6 Å². The van der Waals surface area contributed by atoms with Crippen molar-refractivity contribution in [3.05, 3.63) is 71.3 Å². The van der Waals surface area contributed by atoms with Crippen LogP contribution in [0.5, 0.6) is 0 Å². The van der Waals surface area contributed by atoms with Gasteiger partial charge in [0.15, 0.2) is 0 Å². The second-order valence-corrected chi connectivity index (χ2v) is 10.7. The quantitative estimate of drug-likeness (QED) is 0.477. The number of hydrogen-bond acceptors (Lipinski definition) is 6. The molecule has 3 aromatic rings. The van der Waals surface area contributed by atoms with Crippen molar-refractivity contribution in [1.29, 1.82) is 0 Å². The van der Waals surface area contributed by atoms with Gasteiger partial charge in [-0.2, -0.15) is 0 Å². The third kappa shape index (κ3) is 6.22. The first-order valence-electron chi connectivity index (χ1n) is 13.1. The Labute approximate surface area is 226 Å². The summed E-state index contributed by atoms with van der Waals surface area (Å²) in [4.78, 5) is 35.9. The average Bonchev–Trinajstić information content (AvgIpc) is 3.36. The molecule has 2 aliphatic heterocycles. The fourth-order valence-corrected chi connectivity index (χ4v) is 4.77. The molecule has 0 bridgehead atoms. The highest BCUT2D eigenvalue weighted by Gasteiger charge is 2.31.